The van der Waals surface area contributed by atoms with E-state index in [-0.39, 0.29) is 5.91 Å². The van der Waals surface area contributed by atoms with Crippen LogP contribution in [0.1, 0.15) is 22.3 Å². The van der Waals surface area contributed by atoms with Gasteiger partial charge in [0.2, 0.25) is 0 Å². The van der Waals surface area contributed by atoms with Gasteiger partial charge in [0.05, 0.1) is 7.11 Å². The molecule has 0 atom stereocenters. The van der Waals surface area contributed by atoms with E-state index in [0.29, 0.717) is 17.5 Å². The summed E-state index contributed by atoms with van der Waals surface area (Å²) in [4.78, 5) is 22.3. The Morgan fingerprint density at radius 2 is 1.76 bits per heavy atom. The van der Waals surface area contributed by atoms with Crippen LogP contribution in [0.25, 0.3) is 11.1 Å². The Kier molecular flexibility index (Phi) is 6.72. The van der Waals surface area contributed by atoms with Gasteiger partial charge in [0.15, 0.2) is 5.58 Å². The fourth-order valence-electron chi connectivity index (χ4n) is 4.25. The molecule has 1 fully saturated rings. The van der Waals surface area contributed by atoms with E-state index in [0.717, 1.165) is 59.7 Å². The summed E-state index contributed by atoms with van der Waals surface area (Å²) in [6.45, 7) is 3.17. The number of thioether (sulfide) groups is 1. The molecule has 0 N–H and O–H groups in total. The molecule has 1 aliphatic rings. The molecule has 0 radical (unpaired) electrons. The highest BCUT2D eigenvalue weighted by molar-refractivity contribution is 7.98. The van der Waals surface area contributed by atoms with Crippen LogP contribution in [-0.4, -0.2) is 49.1 Å². The predicted molar refractivity (Wildman–Crippen MR) is 136 cm³/mol. The second-order valence-corrected chi connectivity index (χ2v) is 9.15. The fraction of sp³-hybridized carbons (Fsp3) is 0.259. The smallest absolute Gasteiger partial charge is 0.257 e. The lowest BCUT2D eigenvalue weighted by atomic mass is 10.1. The number of hydrogen-bond donors (Lipinski definition) is 0. The number of anilines is 1. The van der Waals surface area contributed by atoms with Crippen molar-refractivity contribution in [1.82, 2.24) is 9.88 Å². The van der Waals surface area contributed by atoms with Gasteiger partial charge in [0.1, 0.15) is 11.3 Å². The minimum Gasteiger partial charge on any atom is -0.497 e. The molecule has 0 aliphatic carbocycles. The zero-order valence-electron chi connectivity index (χ0n) is 19.1. The number of methoxy groups -OCH3 is 1. The first-order valence-corrected chi connectivity index (χ1v) is 12.4. The number of aromatic nitrogens is 1. The summed E-state index contributed by atoms with van der Waals surface area (Å²) in [7, 11) is 1.67. The van der Waals surface area contributed by atoms with Crippen molar-refractivity contribution in [2.45, 2.75) is 17.4 Å². The van der Waals surface area contributed by atoms with Crippen LogP contribution in [0.5, 0.6) is 5.75 Å². The van der Waals surface area contributed by atoms with Gasteiger partial charge in [0, 0.05) is 43.2 Å². The van der Waals surface area contributed by atoms with Gasteiger partial charge in [-0.25, -0.2) is 4.98 Å². The van der Waals surface area contributed by atoms with Crippen LogP contribution in [-0.2, 0) is 5.75 Å². The summed E-state index contributed by atoms with van der Waals surface area (Å²) in [5, 5.41) is 0.619. The van der Waals surface area contributed by atoms with Crippen molar-refractivity contribution >= 4 is 34.5 Å². The lowest BCUT2D eigenvalue weighted by Crippen LogP contribution is -2.35. The maximum absolute atomic E-state index is 13.5. The predicted octanol–water partition coefficient (Wildman–Crippen LogP) is 5.48. The number of ether oxygens (including phenoxy) is 1. The summed E-state index contributed by atoms with van der Waals surface area (Å²) in [6, 6.07) is 23.7. The lowest BCUT2D eigenvalue weighted by molar-refractivity contribution is 0.0766. The van der Waals surface area contributed by atoms with Crippen molar-refractivity contribution in [1.29, 1.82) is 0 Å². The quantitative estimate of drug-likeness (QED) is 0.346. The first-order chi connectivity index (χ1) is 16.7. The highest BCUT2D eigenvalue weighted by Crippen LogP contribution is 2.28. The Labute approximate surface area is 203 Å². The molecule has 1 aliphatic heterocycles. The van der Waals surface area contributed by atoms with Gasteiger partial charge in [-0.05, 0) is 54.4 Å². The van der Waals surface area contributed by atoms with Gasteiger partial charge >= 0.3 is 0 Å². The third-order valence-corrected chi connectivity index (χ3v) is 6.97. The molecule has 0 unspecified atom stereocenters. The Morgan fingerprint density at radius 1 is 0.971 bits per heavy atom. The normalized spacial score (nSPS) is 14.3. The molecule has 0 spiro atoms. The Balaban J connectivity index is 1.26. The number of hydrogen-bond acceptors (Lipinski definition) is 6. The number of benzene rings is 3. The molecule has 0 bridgehead atoms. The standard InChI is InChI=1S/C27H27N3O3S/c1-32-22-13-11-21(12-14-22)29-15-6-16-30(18-17-29)26(31)23-8-3-2-7-20(23)19-34-27-28-24-9-4-5-10-25(24)33-27/h2-5,7-14H,6,15-19H2,1H3. The van der Waals surface area contributed by atoms with E-state index in [1.54, 1.807) is 7.11 Å². The van der Waals surface area contributed by atoms with Gasteiger partial charge in [0.25, 0.3) is 11.1 Å². The van der Waals surface area contributed by atoms with Gasteiger partial charge in [-0.3, -0.25) is 4.79 Å². The van der Waals surface area contributed by atoms with Crippen LogP contribution in [0.3, 0.4) is 0 Å². The number of carbonyl (C=O) groups is 1. The van der Waals surface area contributed by atoms with Gasteiger partial charge in [-0.1, -0.05) is 42.1 Å². The van der Waals surface area contributed by atoms with Crippen molar-refractivity contribution < 1.29 is 13.9 Å². The summed E-state index contributed by atoms with van der Waals surface area (Å²) in [6.07, 6.45) is 0.928. The van der Waals surface area contributed by atoms with E-state index >= 15 is 0 Å². The second kappa shape index (κ2) is 10.2. The third-order valence-electron chi connectivity index (χ3n) is 6.09. The highest BCUT2D eigenvalue weighted by Gasteiger charge is 2.22. The highest BCUT2D eigenvalue weighted by atomic mass is 32.2. The number of oxazole rings is 1. The minimum absolute atomic E-state index is 0.0883. The van der Waals surface area contributed by atoms with Crippen molar-refractivity contribution in [2.24, 2.45) is 0 Å². The molecule has 5 rings (SSSR count). The molecular formula is C27H27N3O3S. The lowest BCUT2D eigenvalue weighted by Gasteiger charge is -2.24. The fourth-order valence-corrected chi connectivity index (χ4v) is 5.09. The van der Waals surface area contributed by atoms with Gasteiger partial charge < -0.3 is 19.0 Å². The number of carbonyl (C=O) groups excluding carboxylic acids is 1. The average Bonchev–Trinajstić information content (AvgIpc) is 3.15. The van der Waals surface area contributed by atoms with Crippen LogP contribution in [0.2, 0.25) is 0 Å². The molecule has 7 heteroatoms. The summed E-state index contributed by atoms with van der Waals surface area (Å²) in [5.41, 5.74) is 4.53. The van der Waals surface area contributed by atoms with Gasteiger partial charge in [-0.15, -0.1) is 0 Å². The SMILES string of the molecule is COc1ccc(N2CCCN(C(=O)c3ccccc3CSc3nc4ccccc4o3)CC2)cc1. The van der Waals surface area contributed by atoms with Crippen molar-refractivity contribution in [2.75, 3.05) is 38.2 Å². The zero-order valence-corrected chi connectivity index (χ0v) is 20.0. The van der Waals surface area contributed by atoms with E-state index in [2.05, 4.69) is 22.0 Å². The number of nitrogens with zero attached hydrogens (tertiary/aromatic N) is 3. The van der Waals surface area contributed by atoms with Gasteiger partial charge in [-0.2, -0.15) is 0 Å². The number of rotatable bonds is 6. The molecule has 0 saturated carbocycles. The van der Waals surface area contributed by atoms with Crippen LogP contribution in [0.4, 0.5) is 5.69 Å². The molecule has 2 heterocycles. The molecule has 3 aromatic carbocycles. The Bertz CT molecular complexity index is 1240. The summed E-state index contributed by atoms with van der Waals surface area (Å²) >= 11 is 1.52. The summed E-state index contributed by atoms with van der Waals surface area (Å²) < 4.78 is 11.1. The van der Waals surface area contributed by atoms with E-state index in [9.17, 15) is 4.79 Å². The maximum Gasteiger partial charge on any atom is 0.257 e. The van der Waals surface area contributed by atoms with Crippen LogP contribution < -0.4 is 9.64 Å². The molecule has 34 heavy (non-hydrogen) atoms. The molecule has 1 aromatic heterocycles. The molecule has 1 saturated heterocycles. The van der Waals surface area contributed by atoms with Crippen LogP contribution >= 0.6 is 11.8 Å². The van der Waals surface area contributed by atoms with E-state index in [1.165, 1.54) is 11.8 Å². The van der Waals surface area contributed by atoms with E-state index < -0.39 is 0 Å². The Hall–Kier alpha value is -3.45. The molecule has 1 amide bonds. The second-order valence-electron chi connectivity index (χ2n) is 8.22. The van der Waals surface area contributed by atoms with Crippen LogP contribution in [0.15, 0.2) is 82.4 Å². The number of para-hydroxylation sites is 2. The maximum atomic E-state index is 13.5. The Morgan fingerprint density at radius 3 is 2.59 bits per heavy atom. The first-order valence-electron chi connectivity index (χ1n) is 11.5. The molecule has 174 valence electrons. The van der Waals surface area contributed by atoms with Crippen molar-refractivity contribution in [3.8, 4) is 5.75 Å². The molecular weight excluding hydrogens is 446 g/mol. The number of fused-ring (bicyclic) bond motifs is 1. The van der Waals surface area contributed by atoms with Crippen molar-refractivity contribution in [3.63, 3.8) is 0 Å². The van der Waals surface area contributed by atoms with Crippen LogP contribution in [0, 0.1) is 0 Å². The first kappa shape index (κ1) is 22.3. The van der Waals surface area contributed by atoms with Crippen molar-refractivity contribution in [3.05, 3.63) is 83.9 Å². The minimum atomic E-state index is 0.0883. The number of amides is 1. The average molecular weight is 474 g/mol. The van der Waals surface area contributed by atoms with E-state index in [4.69, 9.17) is 9.15 Å². The largest absolute Gasteiger partial charge is 0.497 e. The molecule has 4 aromatic rings. The monoisotopic (exact) mass is 473 g/mol. The summed E-state index contributed by atoms with van der Waals surface area (Å²) in [5.74, 6) is 1.56. The topological polar surface area (TPSA) is 58.8 Å². The van der Waals surface area contributed by atoms with E-state index in [1.807, 2.05) is 65.6 Å². The zero-order chi connectivity index (χ0) is 23.3. The third kappa shape index (κ3) is 4.89. The molecule has 6 nitrogen and oxygen atoms in total.